The summed E-state index contributed by atoms with van der Waals surface area (Å²) in [5.74, 6) is -1.28. The number of carbonyl (C=O) groups excluding carboxylic acids is 3. The van der Waals surface area contributed by atoms with Crippen molar-refractivity contribution in [2.24, 2.45) is 11.0 Å². The van der Waals surface area contributed by atoms with Crippen LogP contribution in [0.25, 0.3) is 0 Å². The average molecular weight is 520 g/mol. The lowest BCUT2D eigenvalue weighted by Crippen LogP contribution is -2.32. The van der Waals surface area contributed by atoms with E-state index in [2.05, 4.69) is 22.8 Å². The van der Waals surface area contributed by atoms with Crippen LogP contribution in [0.5, 0.6) is 5.75 Å². The smallest absolute Gasteiger partial charge is 0.341 e. The van der Waals surface area contributed by atoms with E-state index in [4.69, 9.17) is 9.47 Å². The number of nitrogens with zero attached hydrogens (tertiary/aromatic N) is 1. The van der Waals surface area contributed by atoms with Crippen LogP contribution in [-0.4, -0.2) is 30.6 Å². The first-order valence-corrected chi connectivity index (χ1v) is 13.0. The number of benzene rings is 2. The van der Waals surface area contributed by atoms with E-state index in [1.807, 2.05) is 42.5 Å². The third-order valence-electron chi connectivity index (χ3n) is 5.95. The van der Waals surface area contributed by atoms with Gasteiger partial charge in [0.1, 0.15) is 17.4 Å². The summed E-state index contributed by atoms with van der Waals surface area (Å²) >= 11 is 1.32. The Bertz CT molecular complexity index is 1300. The predicted octanol–water partition coefficient (Wildman–Crippen LogP) is 4.72. The molecule has 0 saturated heterocycles. The fourth-order valence-electron chi connectivity index (χ4n) is 4.08. The van der Waals surface area contributed by atoms with E-state index in [1.165, 1.54) is 17.6 Å². The van der Waals surface area contributed by atoms with Crippen molar-refractivity contribution in [3.8, 4) is 5.75 Å². The Morgan fingerprint density at radius 2 is 1.84 bits per heavy atom. The number of amides is 2. The summed E-state index contributed by atoms with van der Waals surface area (Å²) in [4.78, 5) is 38.8. The molecule has 0 radical (unpaired) electrons. The van der Waals surface area contributed by atoms with E-state index in [9.17, 15) is 14.4 Å². The van der Waals surface area contributed by atoms with Gasteiger partial charge in [-0.25, -0.2) is 10.2 Å². The highest BCUT2D eigenvalue weighted by Crippen LogP contribution is 2.40. The maximum Gasteiger partial charge on any atom is 0.341 e. The minimum Gasteiger partial charge on any atom is -0.488 e. The second-order valence-corrected chi connectivity index (χ2v) is 9.85. The highest BCUT2D eigenvalue weighted by atomic mass is 32.1. The van der Waals surface area contributed by atoms with Gasteiger partial charge in [-0.2, -0.15) is 5.10 Å². The number of hydrogen-bond acceptors (Lipinski definition) is 7. The molecule has 0 aliphatic heterocycles. The molecule has 1 heterocycles. The minimum absolute atomic E-state index is 0.221. The number of fused-ring (bicyclic) bond motifs is 1. The second-order valence-electron chi connectivity index (χ2n) is 8.74. The van der Waals surface area contributed by atoms with Crippen LogP contribution in [0.4, 0.5) is 5.00 Å². The summed E-state index contributed by atoms with van der Waals surface area (Å²) in [6, 6.07) is 17.0. The Morgan fingerprint density at radius 1 is 1.08 bits per heavy atom. The lowest BCUT2D eigenvalue weighted by molar-refractivity contribution is -0.136. The molecule has 2 aromatic carbocycles. The molecule has 1 aliphatic carbocycles. The third kappa shape index (κ3) is 6.62. The zero-order chi connectivity index (χ0) is 26.2. The number of para-hydroxylation sites is 1. The van der Waals surface area contributed by atoms with Crippen molar-refractivity contribution in [2.75, 3.05) is 11.9 Å². The van der Waals surface area contributed by atoms with Gasteiger partial charge in [0.25, 0.3) is 0 Å². The molecule has 1 aliphatic rings. The number of nitrogens with one attached hydrogen (secondary N) is 2. The van der Waals surface area contributed by atoms with E-state index in [0.717, 1.165) is 35.3 Å². The third-order valence-corrected chi connectivity index (χ3v) is 7.12. The number of hydrogen-bond donors (Lipinski definition) is 2. The number of hydrazone groups is 1. The summed E-state index contributed by atoms with van der Waals surface area (Å²) in [6.07, 6.45) is 3.93. The largest absolute Gasteiger partial charge is 0.488 e. The van der Waals surface area contributed by atoms with Crippen LogP contribution in [0, 0.1) is 5.92 Å². The number of esters is 1. The summed E-state index contributed by atoms with van der Waals surface area (Å²) in [5.41, 5.74) is 5.16. The maximum absolute atomic E-state index is 12.6. The van der Waals surface area contributed by atoms with E-state index in [-0.39, 0.29) is 6.61 Å². The fourth-order valence-corrected chi connectivity index (χ4v) is 5.48. The highest BCUT2D eigenvalue weighted by molar-refractivity contribution is 7.17. The molecule has 3 aromatic rings. The molecule has 0 unspecified atom stereocenters. The first-order chi connectivity index (χ1) is 18.0. The van der Waals surface area contributed by atoms with Crippen molar-refractivity contribution < 1.29 is 23.9 Å². The molecule has 0 fully saturated rings. The first kappa shape index (κ1) is 26.1. The standard InChI is InChI=1S/C28H29N3O5S/c1-3-35-28(34)24-21-14-13-18(2)15-23(21)37-27(24)30-25(32)26(33)31-29-16-20-11-7-8-12-22(20)36-17-19-9-5-4-6-10-19/h4-12,16,18H,3,13-15,17H2,1-2H3,(H,30,32)(H,31,33)/b29-16-/t18-/m1/s1. The van der Waals surface area contributed by atoms with Gasteiger partial charge in [0.2, 0.25) is 0 Å². The normalized spacial score (nSPS) is 14.6. The van der Waals surface area contributed by atoms with Gasteiger partial charge >= 0.3 is 17.8 Å². The topological polar surface area (TPSA) is 106 Å². The number of thiophene rings is 1. The van der Waals surface area contributed by atoms with Crippen molar-refractivity contribution in [3.63, 3.8) is 0 Å². The van der Waals surface area contributed by atoms with Crippen LogP contribution >= 0.6 is 11.3 Å². The molecular weight excluding hydrogens is 490 g/mol. The number of carbonyl (C=O) groups is 3. The van der Waals surface area contributed by atoms with Crippen LogP contribution in [0.2, 0.25) is 0 Å². The van der Waals surface area contributed by atoms with Crippen molar-refractivity contribution >= 4 is 40.3 Å². The SMILES string of the molecule is CCOC(=O)c1c(NC(=O)C(=O)N/N=C\c2ccccc2OCc2ccccc2)sc2c1CC[C@@H](C)C2. The summed E-state index contributed by atoms with van der Waals surface area (Å²) in [5, 5.41) is 6.85. The molecule has 1 atom stereocenters. The Morgan fingerprint density at radius 3 is 2.62 bits per heavy atom. The molecule has 0 spiro atoms. The number of ether oxygens (including phenoxy) is 2. The molecule has 4 rings (SSSR count). The first-order valence-electron chi connectivity index (χ1n) is 12.2. The quantitative estimate of drug-likeness (QED) is 0.194. The van der Waals surface area contributed by atoms with Gasteiger partial charge in [0, 0.05) is 10.4 Å². The Labute approximate surface area is 219 Å². The van der Waals surface area contributed by atoms with Crippen LogP contribution in [0.15, 0.2) is 59.7 Å². The average Bonchev–Trinajstić information content (AvgIpc) is 3.25. The molecule has 0 saturated carbocycles. The van der Waals surface area contributed by atoms with E-state index >= 15 is 0 Å². The molecule has 192 valence electrons. The van der Waals surface area contributed by atoms with Crippen LogP contribution in [0.3, 0.4) is 0 Å². The zero-order valence-electron chi connectivity index (χ0n) is 20.8. The van der Waals surface area contributed by atoms with Gasteiger partial charge in [-0.3, -0.25) is 9.59 Å². The van der Waals surface area contributed by atoms with E-state index in [0.29, 0.717) is 34.4 Å². The molecule has 0 bridgehead atoms. The van der Waals surface area contributed by atoms with Crippen molar-refractivity contribution in [1.82, 2.24) is 5.43 Å². The van der Waals surface area contributed by atoms with Crippen molar-refractivity contribution in [3.05, 3.63) is 81.7 Å². The van der Waals surface area contributed by atoms with Gasteiger partial charge in [-0.05, 0) is 55.4 Å². The molecule has 8 nitrogen and oxygen atoms in total. The molecule has 37 heavy (non-hydrogen) atoms. The van der Waals surface area contributed by atoms with Gasteiger partial charge in [-0.1, -0.05) is 49.4 Å². The van der Waals surface area contributed by atoms with Gasteiger partial charge in [-0.15, -0.1) is 11.3 Å². The highest BCUT2D eigenvalue weighted by Gasteiger charge is 2.30. The predicted molar refractivity (Wildman–Crippen MR) is 143 cm³/mol. The van der Waals surface area contributed by atoms with E-state index < -0.39 is 17.8 Å². The maximum atomic E-state index is 12.6. The zero-order valence-corrected chi connectivity index (χ0v) is 21.6. The van der Waals surface area contributed by atoms with Gasteiger partial charge < -0.3 is 14.8 Å². The monoisotopic (exact) mass is 519 g/mol. The number of anilines is 1. The molecule has 2 amide bonds. The van der Waals surface area contributed by atoms with E-state index in [1.54, 1.807) is 19.1 Å². The lowest BCUT2D eigenvalue weighted by atomic mass is 9.88. The second kappa shape index (κ2) is 12.3. The van der Waals surface area contributed by atoms with Crippen LogP contribution < -0.4 is 15.5 Å². The summed E-state index contributed by atoms with van der Waals surface area (Å²) < 4.78 is 11.1. The molecular formula is C28H29N3O5S. The van der Waals surface area contributed by atoms with Crippen LogP contribution in [-0.2, 0) is 33.8 Å². The minimum atomic E-state index is -0.950. The molecule has 2 N–H and O–H groups in total. The van der Waals surface area contributed by atoms with Crippen LogP contribution in [0.1, 0.15) is 52.2 Å². The number of rotatable bonds is 8. The lowest BCUT2D eigenvalue weighted by Gasteiger charge is -2.18. The van der Waals surface area contributed by atoms with Crippen molar-refractivity contribution in [2.45, 2.75) is 39.7 Å². The Kier molecular flexibility index (Phi) is 8.68. The molecule has 1 aromatic heterocycles. The van der Waals surface area contributed by atoms with Gasteiger partial charge in [0.05, 0.1) is 18.4 Å². The Hall–Kier alpha value is -3.98. The van der Waals surface area contributed by atoms with Gasteiger partial charge in [0.15, 0.2) is 0 Å². The fraction of sp³-hybridized carbons (Fsp3) is 0.286. The Balaban J connectivity index is 1.40. The summed E-state index contributed by atoms with van der Waals surface area (Å²) in [7, 11) is 0. The summed E-state index contributed by atoms with van der Waals surface area (Å²) in [6.45, 7) is 4.49. The van der Waals surface area contributed by atoms with Crippen molar-refractivity contribution in [1.29, 1.82) is 0 Å². The molecule has 9 heteroatoms.